The van der Waals surface area contributed by atoms with Crippen LogP contribution in [0.3, 0.4) is 0 Å². The van der Waals surface area contributed by atoms with E-state index in [0.717, 1.165) is 24.8 Å². The molecule has 0 aliphatic rings. The molecule has 124 valence electrons. The molecule has 3 atom stereocenters. The summed E-state index contributed by atoms with van der Waals surface area (Å²) in [6.45, 7) is 6.23. The zero-order valence-corrected chi connectivity index (χ0v) is 14.6. The van der Waals surface area contributed by atoms with Gasteiger partial charge in [-0.2, -0.15) is 0 Å². The van der Waals surface area contributed by atoms with Gasteiger partial charge in [-0.25, -0.2) is 4.79 Å². The number of benzene rings is 1. The highest BCUT2D eigenvalue weighted by molar-refractivity contribution is 7.79. The molecule has 0 heterocycles. The zero-order valence-electron chi connectivity index (χ0n) is 13.8. The average Bonchev–Trinajstić information content (AvgIpc) is 2.52. The van der Waals surface area contributed by atoms with Gasteiger partial charge in [-0.15, -0.1) is 0 Å². The third-order valence-corrected chi connectivity index (χ3v) is 5.26. The molecule has 3 unspecified atom stereocenters. The van der Waals surface area contributed by atoms with Crippen molar-refractivity contribution in [2.75, 3.05) is 12.9 Å². The molecule has 5 heteroatoms. The minimum Gasteiger partial charge on any atom is -0.772 e. The predicted molar refractivity (Wildman–Crippen MR) is 87.6 cm³/mol. The monoisotopic (exact) mass is 325 g/mol. The molecule has 0 aliphatic carbocycles. The van der Waals surface area contributed by atoms with Crippen LogP contribution in [0.5, 0.6) is 0 Å². The quantitative estimate of drug-likeness (QED) is 0.542. The molecule has 0 fully saturated rings. The fourth-order valence-electron chi connectivity index (χ4n) is 3.08. The first-order chi connectivity index (χ1) is 10.4. The summed E-state index contributed by atoms with van der Waals surface area (Å²) in [5.41, 5.74) is 1.04. The van der Waals surface area contributed by atoms with E-state index in [1.165, 1.54) is 7.11 Å². The Labute approximate surface area is 135 Å². The molecular weight excluding hydrogens is 300 g/mol. The number of hydrogen-bond donors (Lipinski definition) is 0. The van der Waals surface area contributed by atoms with Crippen LogP contribution in [-0.2, 0) is 21.2 Å². The molecule has 0 amide bonds. The lowest BCUT2D eigenvalue weighted by Gasteiger charge is -2.40. The molecule has 22 heavy (non-hydrogen) atoms. The number of carbonyl (C=O) groups is 1. The van der Waals surface area contributed by atoms with Crippen LogP contribution in [-0.4, -0.2) is 27.6 Å². The molecule has 0 aliphatic heterocycles. The fraction of sp³-hybridized carbons (Fsp3) is 0.588. The molecule has 1 aromatic carbocycles. The van der Waals surface area contributed by atoms with Crippen molar-refractivity contribution in [2.24, 2.45) is 5.92 Å². The standard InChI is InChI=1S/C17H26O4S/c1-5-11-17(12-22(19)20,13(3)6-2)15-9-7-14(8-10-15)16(18)21-4/h7-10,13H,5-6,11-12H2,1-4H3,(H,19,20)/p-1. The molecule has 1 rings (SSSR count). The third-order valence-electron chi connectivity index (χ3n) is 4.51. The maximum absolute atomic E-state index is 11.5. The zero-order chi connectivity index (χ0) is 16.8. The summed E-state index contributed by atoms with van der Waals surface area (Å²) in [6, 6.07) is 7.14. The van der Waals surface area contributed by atoms with E-state index < -0.39 is 16.5 Å². The average molecular weight is 325 g/mol. The van der Waals surface area contributed by atoms with Crippen LogP contribution in [0.15, 0.2) is 24.3 Å². The van der Waals surface area contributed by atoms with E-state index in [4.69, 9.17) is 4.74 Å². The highest BCUT2D eigenvalue weighted by atomic mass is 32.2. The summed E-state index contributed by atoms with van der Waals surface area (Å²) < 4.78 is 27.6. The number of rotatable bonds is 8. The summed E-state index contributed by atoms with van der Waals surface area (Å²) in [7, 11) is 1.34. The Balaban J connectivity index is 3.29. The lowest BCUT2D eigenvalue weighted by atomic mass is 9.68. The van der Waals surface area contributed by atoms with Crippen LogP contribution >= 0.6 is 0 Å². The van der Waals surface area contributed by atoms with Crippen molar-refractivity contribution < 1.29 is 18.3 Å². The summed E-state index contributed by atoms with van der Waals surface area (Å²) in [4.78, 5) is 11.5. The van der Waals surface area contributed by atoms with Crippen molar-refractivity contribution in [3.63, 3.8) is 0 Å². The highest BCUT2D eigenvalue weighted by Crippen LogP contribution is 2.39. The van der Waals surface area contributed by atoms with Gasteiger partial charge in [0.2, 0.25) is 0 Å². The number of carbonyl (C=O) groups excluding carboxylic acids is 1. The van der Waals surface area contributed by atoms with Gasteiger partial charge >= 0.3 is 5.97 Å². The van der Waals surface area contributed by atoms with Crippen LogP contribution in [0.25, 0.3) is 0 Å². The molecular formula is C17H25O4S-. The van der Waals surface area contributed by atoms with Gasteiger partial charge in [0.05, 0.1) is 12.7 Å². The van der Waals surface area contributed by atoms with Crippen LogP contribution in [0.1, 0.15) is 56.0 Å². The lowest BCUT2D eigenvalue weighted by Crippen LogP contribution is -2.39. The van der Waals surface area contributed by atoms with E-state index in [0.29, 0.717) is 5.56 Å². The van der Waals surface area contributed by atoms with E-state index in [1.807, 2.05) is 12.1 Å². The summed E-state index contributed by atoms with van der Waals surface area (Å²) in [5.74, 6) is -0.0501. The van der Waals surface area contributed by atoms with E-state index in [-0.39, 0.29) is 17.6 Å². The Kier molecular flexibility index (Phi) is 7.23. The van der Waals surface area contributed by atoms with Crippen molar-refractivity contribution in [3.8, 4) is 0 Å². The van der Waals surface area contributed by atoms with Crippen LogP contribution in [0.2, 0.25) is 0 Å². The molecule has 0 saturated carbocycles. The summed E-state index contributed by atoms with van der Waals surface area (Å²) in [5, 5.41) is 0. The van der Waals surface area contributed by atoms with Crippen molar-refractivity contribution in [1.29, 1.82) is 0 Å². The molecule has 0 saturated heterocycles. The minimum absolute atomic E-state index is 0.105. The molecule has 0 radical (unpaired) electrons. The maximum atomic E-state index is 11.5. The molecule has 0 N–H and O–H groups in total. The van der Waals surface area contributed by atoms with Crippen molar-refractivity contribution >= 4 is 17.0 Å². The van der Waals surface area contributed by atoms with E-state index in [9.17, 15) is 13.6 Å². The Morgan fingerprint density at radius 3 is 2.32 bits per heavy atom. The number of esters is 1. The van der Waals surface area contributed by atoms with Gasteiger partial charge in [0.1, 0.15) is 0 Å². The Hall–Kier alpha value is -1.20. The van der Waals surface area contributed by atoms with Gasteiger partial charge in [0, 0.05) is 11.2 Å². The first-order valence-corrected chi connectivity index (χ1v) is 8.90. The van der Waals surface area contributed by atoms with Crippen LogP contribution in [0, 0.1) is 5.92 Å². The third kappa shape index (κ3) is 4.17. The van der Waals surface area contributed by atoms with Crippen LogP contribution in [0.4, 0.5) is 0 Å². The first-order valence-electron chi connectivity index (χ1n) is 7.66. The van der Waals surface area contributed by atoms with Gasteiger partial charge in [-0.3, -0.25) is 4.21 Å². The summed E-state index contributed by atoms with van der Waals surface area (Å²) in [6.07, 6.45) is 2.60. The maximum Gasteiger partial charge on any atom is 0.337 e. The molecule has 0 spiro atoms. The normalized spacial score (nSPS) is 16.6. The molecule has 1 aromatic rings. The van der Waals surface area contributed by atoms with E-state index in [1.54, 1.807) is 12.1 Å². The number of ether oxygens (including phenoxy) is 1. The topological polar surface area (TPSA) is 66.4 Å². The number of hydrogen-bond acceptors (Lipinski definition) is 4. The molecule has 0 aromatic heterocycles. The smallest absolute Gasteiger partial charge is 0.337 e. The van der Waals surface area contributed by atoms with Crippen LogP contribution < -0.4 is 0 Å². The van der Waals surface area contributed by atoms with Gasteiger partial charge in [0.25, 0.3) is 0 Å². The second-order valence-electron chi connectivity index (χ2n) is 5.73. The second-order valence-corrected chi connectivity index (χ2v) is 6.63. The van der Waals surface area contributed by atoms with E-state index in [2.05, 4.69) is 20.8 Å². The van der Waals surface area contributed by atoms with Gasteiger partial charge in [-0.05, 0) is 30.0 Å². The van der Waals surface area contributed by atoms with Crippen molar-refractivity contribution in [2.45, 2.75) is 45.4 Å². The van der Waals surface area contributed by atoms with Gasteiger partial charge in [-0.1, -0.05) is 56.8 Å². The number of methoxy groups -OCH3 is 1. The second kappa shape index (κ2) is 8.44. The minimum atomic E-state index is -2.12. The Morgan fingerprint density at radius 2 is 1.91 bits per heavy atom. The largest absolute Gasteiger partial charge is 0.772 e. The van der Waals surface area contributed by atoms with Gasteiger partial charge in [0.15, 0.2) is 0 Å². The SMILES string of the molecule is CCCC(CS(=O)[O-])(c1ccc(C(=O)OC)cc1)C(C)CC. The first kappa shape index (κ1) is 18.8. The molecule has 0 bridgehead atoms. The Bertz CT molecular complexity index is 512. The van der Waals surface area contributed by atoms with Crippen molar-refractivity contribution in [1.82, 2.24) is 0 Å². The predicted octanol–water partition coefficient (Wildman–Crippen LogP) is 3.44. The van der Waals surface area contributed by atoms with Gasteiger partial charge < -0.3 is 9.29 Å². The Morgan fingerprint density at radius 1 is 1.32 bits per heavy atom. The molecule has 4 nitrogen and oxygen atoms in total. The van der Waals surface area contributed by atoms with E-state index >= 15 is 0 Å². The fourth-order valence-corrected chi connectivity index (χ4v) is 4.09. The highest BCUT2D eigenvalue weighted by Gasteiger charge is 2.36. The van der Waals surface area contributed by atoms with Crippen molar-refractivity contribution in [3.05, 3.63) is 35.4 Å². The lowest BCUT2D eigenvalue weighted by molar-refractivity contribution is 0.0600. The summed E-state index contributed by atoms with van der Waals surface area (Å²) >= 11 is -2.12.